The fraction of sp³-hybridized carbons (Fsp3) is 0.368. The van der Waals surface area contributed by atoms with Crippen LogP contribution in [0.4, 0.5) is 0 Å². The van der Waals surface area contributed by atoms with Gasteiger partial charge < -0.3 is 15.2 Å². The van der Waals surface area contributed by atoms with E-state index in [9.17, 15) is 0 Å². The molecule has 0 aliphatic rings. The van der Waals surface area contributed by atoms with Crippen LogP contribution in [0.5, 0.6) is 5.75 Å². The first kappa shape index (κ1) is 19.1. The van der Waals surface area contributed by atoms with Crippen molar-refractivity contribution in [3.8, 4) is 5.75 Å². The molecule has 0 spiro atoms. The molecule has 0 atom stereocenters. The Labute approximate surface area is 153 Å². The van der Waals surface area contributed by atoms with E-state index in [1.165, 1.54) is 0 Å². The molecule has 0 amide bonds. The number of aliphatic hydroxyl groups excluding tert-OH is 1. The van der Waals surface area contributed by atoms with Crippen LogP contribution in [0.1, 0.15) is 30.4 Å². The quantitative estimate of drug-likeness (QED) is 0.591. The summed E-state index contributed by atoms with van der Waals surface area (Å²) < 4.78 is 5.77. The Hall–Kier alpha value is -1.26. The van der Waals surface area contributed by atoms with Crippen LogP contribution in [0.15, 0.2) is 42.5 Å². The van der Waals surface area contributed by atoms with E-state index in [1.54, 1.807) is 0 Å². The molecule has 130 valence electrons. The normalized spacial score (nSPS) is 10.8. The van der Waals surface area contributed by atoms with Crippen molar-refractivity contribution < 1.29 is 9.84 Å². The zero-order chi connectivity index (χ0) is 17.2. The summed E-state index contributed by atoms with van der Waals surface area (Å²) in [7, 11) is 0. The third-order valence-electron chi connectivity index (χ3n) is 3.62. The number of nitrogens with one attached hydrogen (secondary N) is 1. The highest BCUT2D eigenvalue weighted by Gasteiger charge is 2.10. The Kier molecular flexibility index (Phi) is 8.40. The first-order chi connectivity index (χ1) is 11.7. The fourth-order valence-electron chi connectivity index (χ4n) is 2.35. The maximum Gasteiger partial charge on any atom is 0.156 e. The molecule has 24 heavy (non-hydrogen) atoms. The predicted molar refractivity (Wildman–Crippen MR) is 99.9 cm³/mol. The molecule has 2 aromatic carbocycles. The van der Waals surface area contributed by atoms with Crippen LogP contribution >= 0.6 is 23.2 Å². The third kappa shape index (κ3) is 6.33. The van der Waals surface area contributed by atoms with Gasteiger partial charge in [-0.15, -0.1) is 0 Å². The lowest BCUT2D eigenvalue weighted by molar-refractivity contribution is 0.283. The highest BCUT2D eigenvalue weighted by Crippen LogP contribution is 2.34. The zero-order valence-electron chi connectivity index (χ0n) is 13.6. The molecule has 0 aliphatic carbocycles. The molecule has 5 heteroatoms. The van der Waals surface area contributed by atoms with Crippen molar-refractivity contribution in [2.75, 3.05) is 13.2 Å². The molecule has 0 unspecified atom stereocenters. The summed E-state index contributed by atoms with van der Waals surface area (Å²) in [4.78, 5) is 0. The Bertz CT molecular complexity index is 597. The molecular formula is C19H23Cl2NO2. The number of hydrogen-bond donors (Lipinski definition) is 2. The predicted octanol–water partition coefficient (Wildman–Crippen LogP) is 4.82. The highest BCUT2D eigenvalue weighted by molar-refractivity contribution is 6.37. The van der Waals surface area contributed by atoms with Gasteiger partial charge in [0, 0.05) is 13.2 Å². The summed E-state index contributed by atoms with van der Waals surface area (Å²) in [6.07, 6.45) is 2.92. The summed E-state index contributed by atoms with van der Waals surface area (Å²) >= 11 is 12.6. The molecule has 0 aliphatic heterocycles. The largest absolute Gasteiger partial charge is 0.486 e. The van der Waals surface area contributed by atoms with Gasteiger partial charge in [-0.05, 0) is 49.1 Å². The van der Waals surface area contributed by atoms with Crippen LogP contribution in [0.25, 0.3) is 0 Å². The van der Waals surface area contributed by atoms with Crippen LogP contribution in [-0.4, -0.2) is 18.3 Å². The van der Waals surface area contributed by atoms with Gasteiger partial charge >= 0.3 is 0 Å². The van der Waals surface area contributed by atoms with Crippen molar-refractivity contribution in [1.29, 1.82) is 0 Å². The SMILES string of the molecule is OCCCCCNCc1cc(Cl)c(OCc2ccccc2)c(Cl)c1. The minimum absolute atomic E-state index is 0.260. The monoisotopic (exact) mass is 367 g/mol. The lowest BCUT2D eigenvalue weighted by Gasteiger charge is -2.12. The molecule has 0 fully saturated rings. The third-order valence-corrected chi connectivity index (χ3v) is 4.19. The Morgan fingerprint density at radius 2 is 1.62 bits per heavy atom. The van der Waals surface area contributed by atoms with Crippen molar-refractivity contribution in [3.63, 3.8) is 0 Å². The van der Waals surface area contributed by atoms with Crippen LogP contribution in [0.2, 0.25) is 10.0 Å². The second kappa shape index (κ2) is 10.6. The van der Waals surface area contributed by atoms with Gasteiger partial charge in [-0.1, -0.05) is 53.5 Å². The van der Waals surface area contributed by atoms with Gasteiger partial charge in [-0.25, -0.2) is 0 Å². The van der Waals surface area contributed by atoms with E-state index in [1.807, 2.05) is 42.5 Å². The van der Waals surface area contributed by atoms with Gasteiger partial charge in [0.25, 0.3) is 0 Å². The number of halogens is 2. The van der Waals surface area contributed by atoms with E-state index in [-0.39, 0.29) is 6.61 Å². The summed E-state index contributed by atoms with van der Waals surface area (Å²) in [5.74, 6) is 0.522. The summed E-state index contributed by atoms with van der Waals surface area (Å²) in [6.45, 7) is 2.30. The zero-order valence-corrected chi connectivity index (χ0v) is 15.1. The molecule has 2 rings (SSSR count). The Balaban J connectivity index is 1.86. The second-order valence-corrected chi connectivity index (χ2v) is 6.44. The van der Waals surface area contributed by atoms with Gasteiger partial charge in [0.2, 0.25) is 0 Å². The minimum atomic E-state index is 0.260. The Morgan fingerprint density at radius 1 is 0.917 bits per heavy atom. The number of aliphatic hydroxyl groups is 1. The smallest absolute Gasteiger partial charge is 0.156 e. The lowest BCUT2D eigenvalue weighted by atomic mass is 10.2. The van der Waals surface area contributed by atoms with Gasteiger partial charge in [0.05, 0.1) is 10.0 Å². The molecule has 3 nitrogen and oxygen atoms in total. The van der Waals surface area contributed by atoms with Crippen molar-refractivity contribution in [2.45, 2.75) is 32.4 Å². The van der Waals surface area contributed by atoms with E-state index in [4.69, 9.17) is 33.0 Å². The average molecular weight is 368 g/mol. The molecule has 2 N–H and O–H groups in total. The van der Waals surface area contributed by atoms with E-state index in [0.29, 0.717) is 28.9 Å². The van der Waals surface area contributed by atoms with E-state index in [0.717, 1.165) is 36.9 Å². The number of benzene rings is 2. The number of ether oxygens (including phenoxy) is 1. The first-order valence-electron chi connectivity index (χ1n) is 8.17. The molecule has 2 aromatic rings. The lowest BCUT2D eigenvalue weighted by Crippen LogP contribution is -2.14. The standard InChI is InChI=1S/C19H23Cl2NO2/c20-17-11-16(13-22-9-5-2-6-10-23)12-18(21)19(17)24-14-15-7-3-1-4-8-15/h1,3-4,7-8,11-12,22-23H,2,5-6,9-10,13-14H2. The van der Waals surface area contributed by atoms with Gasteiger partial charge in [0.15, 0.2) is 5.75 Å². The van der Waals surface area contributed by atoms with Crippen molar-refractivity contribution in [3.05, 3.63) is 63.6 Å². The van der Waals surface area contributed by atoms with Crippen LogP contribution in [-0.2, 0) is 13.2 Å². The van der Waals surface area contributed by atoms with E-state index in [2.05, 4.69) is 5.32 Å². The maximum absolute atomic E-state index is 8.74. The van der Waals surface area contributed by atoms with Crippen LogP contribution in [0.3, 0.4) is 0 Å². The second-order valence-electron chi connectivity index (χ2n) is 5.62. The molecule has 0 radical (unpaired) electrons. The number of rotatable bonds is 10. The molecular weight excluding hydrogens is 345 g/mol. The topological polar surface area (TPSA) is 41.5 Å². The van der Waals surface area contributed by atoms with Gasteiger partial charge in [-0.2, -0.15) is 0 Å². The van der Waals surface area contributed by atoms with Gasteiger partial charge in [0.1, 0.15) is 6.61 Å². The highest BCUT2D eigenvalue weighted by atomic mass is 35.5. The average Bonchev–Trinajstić information content (AvgIpc) is 2.58. The number of unbranched alkanes of at least 4 members (excludes halogenated alkanes) is 2. The van der Waals surface area contributed by atoms with Crippen LogP contribution < -0.4 is 10.1 Å². The summed E-state index contributed by atoms with van der Waals surface area (Å²) in [5, 5.41) is 13.1. The van der Waals surface area contributed by atoms with Crippen LogP contribution in [0, 0.1) is 0 Å². The molecule has 0 saturated heterocycles. The summed E-state index contributed by atoms with van der Waals surface area (Å²) in [6, 6.07) is 13.7. The van der Waals surface area contributed by atoms with Gasteiger partial charge in [-0.3, -0.25) is 0 Å². The summed E-state index contributed by atoms with van der Waals surface area (Å²) in [5.41, 5.74) is 2.09. The first-order valence-corrected chi connectivity index (χ1v) is 8.92. The fourth-order valence-corrected chi connectivity index (χ4v) is 2.99. The van der Waals surface area contributed by atoms with Crippen molar-refractivity contribution >= 4 is 23.2 Å². The van der Waals surface area contributed by atoms with Crippen molar-refractivity contribution in [1.82, 2.24) is 5.32 Å². The Morgan fingerprint density at radius 3 is 2.29 bits per heavy atom. The van der Waals surface area contributed by atoms with E-state index < -0.39 is 0 Å². The molecule has 0 aromatic heterocycles. The maximum atomic E-state index is 8.74. The molecule has 0 bridgehead atoms. The molecule has 0 saturated carbocycles. The van der Waals surface area contributed by atoms with E-state index >= 15 is 0 Å². The van der Waals surface area contributed by atoms with Crippen molar-refractivity contribution in [2.24, 2.45) is 0 Å². The number of hydrogen-bond acceptors (Lipinski definition) is 3. The minimum Gasteiger partial charge on any atom is -0.486 e. The molecule has 0 heterocycles.